The number of rotatable bonds is 10. The van der Waals surface area contributed by atoms with E-state index in [1.165, 1.54) is 25.7 Å². The molecule has 0 fully saturated rings. The van der Waals surface area contributed by atoms with E-state index in [1.807, 2.05) is 13.8 Å². The largest absolute Gasteiger partial charge is 0.409 e. The fourth-order valence-electron chi connectivity index (χ4n) is 1.94. The summed E-state index contributed by atoms with van der Waals surface area (Å²) in [5, 5.41) is 15.3. The average molecular weight is 257 g/mol. The molecule has 0 aliphatic rings. The fraction of sp³-hybridized carbons (Fsp3) is 0.929. The molecule has 0 radical (unpaired) electrons. The summed E-state index contributed by atoms with van der Waals surface area (Å²) in [6, 6.07) is 0.587. The summed E-state index contributed by atoms with van der Waals surface area (Å²) in [5.74, 6) is 0.318. The molecule has 0 aromatic carbocycles. The van der Waals surface area contributed by atoms with Crippen LogP contribution in [-0.2, 0) is 0 Å². The molecule has 0 bridgehead atoms. The van der Waals surface area contributed by atoms with Crippen molar-refractivity contribution in [3.8, 4) is 0 Å². The van der Waals surface area contributed by atoms with E-state index in [9.17, 15) is 0 Å². The first kappa shape index (κ1) is 17.2. The van der Waals surface area contributed by atoms with Gasteiger partial charge in [-0.05, 0) is 32.7 Å². The molecule has 0 aromatic heterocycles. The first-order valence-electron chi connectivity index (χ1n) is 7.15. The van der Waals surface area contributed by atoms with Gasteiger partial charge in [-0.15, -0.1) is 0 Å². The van der Waals surface area contributed by atoms with Crippen LogP contribution >= 0.6 is 0 Å². The van der Waals surface area contributed by atoms with Crippen molar-refractivity contribution in [1.29, 1.82) is 0 Å². The maximum absolute atomic E-state index is 8.68. The van der Waals surface area contributed by atoms with E-state index in [2.05, 4.69) is 24.3 Å². The van der Waals surface area contributed by atoms with E-state index in [0.29, 0.717) is 11.9 Å². The third-order valence-electron chi connectivity index (χ3n) is 3.51. The molecule has 4 nitrogen and oxygen atoms in total. The van der Waals surface area contributed by atoms with Crippen molar-refractivity contribution in [3.63, 3.8) is 0 Å². The zero-order chi connectivity index (χ0) is 14.0. The Labute approximate surface area is 112 Å². The molecule has 0 rings (SSSR count). The van der Waals surface area contributed by atoms with Crippen LogP contribution in [0.5, 0.6) is 0 Å². The molecule has 0 heterocycles. The summed E-state index contributed by atoms with van der Waals surface area (Å²) in [4.78, 5) is 0. The highest BCUT2D eigenvalue weighted by Crippen LogP contribution is 2.21. The lowest BCUT2D eigenvalue weighted by molar-refractivity contribution is 0.304. The summed E-state index contributed by atoms with van der Waals surface area (Å²) in [7, 11) is 0. The van der Waals surface area contributed by atoms with Gasteiger partial charge in [0.2, 0.25) is 0 Å². The van der Waals surface area contributed by atoms with Gasteiger partial charge in [-0.25, -0.2) is 0 Å². The van der Waals surface area contributed by atoms with Gasteiger partial charge in [0.05, 0.1) is 0 Å². The predicted octanol–water partition coefficient (Wildman–Crippen LogP) is 3.10. The van der Waals surface area contributed by atoms with Crippen LogP contribution in [-0.4, -0.2) is 23.6 Å². The highest BCUT2D eigenvalue weighted by Gasteiger charge is 2.22. The molecule has 0 saturated carbocycles. The summed E-state index contributed by atoms with van der Waals surface area (Å²) in [5.41, 5.74) is 5.43. The molecule has 4 N–H and O–H groups in total. The molecule has 0 aliphatic carbocycles. The van der Waals surface area contributed by atoms with Crippen molar-refractivity contribution in [2.75, 3.05) is 6.54 Å². The van der Waals surface area contributed by atoms with E-state index in [0.717, 1.165) is 19.4 Å². The lowest BCUT2D eigenvalue weighted by Crippen LogP contribution is -2.33. The number of hydrogen-bond acceptors (Lipinski definition) is 3. The van der Waals surface area contributed by atoms with Crippen LogP contribution < -0.4 is 11.1 Å². The van der Waals surface area contributed by atoms with Gasteiger partial charge < -0.3 is 16.3 Å². The van der Waals surface area contributed by atoms with Gasteiger partial charge in [0, 0.05) is 11.5 Å². The lowest BCUT2D eigenvalue weighted by Gasteiger charge is -2.23. The predicted molar refractivity (Wildman–Crippen MR) is 78.0 cm³/mol. The third kappa shape index (κ3) is 7.54. The number of nitrogens with one attached hydrogen (secondary N) is 1. The number of oxime groups is 1. The highest BCUT2D eigenvalue weighted by molar-refractivity contribution is 5.85. The van der Waals surface area contributed by atoms with Gasteiger partial charge in [0.15, 0.2) is 0 Å². The Morgan fingerprint density at radius 2 is 2.00 bits per heavy atom. The van der Waals surface area contributed by atoms with E-state index in [-0.39, 0.29) is 5.41 Å². The normalized spacial score (nSPS) is 14.8. The Bertz CT molecular complexity index is 239. The summed E-state index contributed by atoms with van der Waals surface area (Å²) in [6.45, 7) is 9.48. The van der Waals surface area contributed by atoms with Crippen molar-refractivity contribution >= 4 is 5.84 Å². The average Bonchev–Trinajstić information content (AvgIpc) is 2.34. The number of unbranched alkanes of at least 4 members (excludes halogenated alkanes) is 2. The molecular weight excluding hydrogens is 226 g/mol. The zero-order valence-electron chi connectivity index (χ0n) is 12.5. The van der Waals surface area contributed by atoms with Crippen LogP contribution in [0, 0.1) is 5.41 Å². The fourth-order valence-corrected chi connectivity index (χ4v) is 1.94. The third-order valence-corrected chi connectivity index (χ3v) is 3.51. The first-order valence-corrected chi connectivity index (χ1v) is 7.15. The molecule has 0 spiro atoms. The molecule has 1 atom stereocenters. The minimum atomic E-state index is -0.220. The molecule has 0 saturated heterocycles. The quantitative estimate of drug-likeness (QED) is 0.185. The second-order valence-electron chi connectivity index (χ2n) is 5.82. The molecule has 18 heavy (non-hydrogen) atoms. The van der Waals surface area contributed by atoms with Crippen molar-refractivity contribution < 1.29 is 5.21 Å². The number of nitrogens with zero attached hydrogens (tertiary/aromatic N) is 1. The molecule has 0 amide bonds. The van der Waals surface area contributed by atoms with Gasteiger partial charge in [-0.1, -0.05) is 45.2 Å². The maximum Gasteiger partial charge on any atom is 0.144 e. The Morgan fingerprint density at radius 3 is 2.56 bits per heavy atom. The first-order chi connectivity index (χ1) is 8.44. The van der Waals surface area contributed by atoms with Crippen molar-refractivity contribution in [2.45, 2.75) is 72.3 Å². The minimum Gasteiger partial charge on any atom is -0.409 e. The van der Waals surface area contributed by atoms with Crippen LogP contribution in [0.25, 0.3) is 0 Å². The minimum absolute atomic E-state index is 0.220. The number of nitrogens with two attached hydrogens (primary N) is 1. The molecule has 108 valence electrons. The lowest BCUT2D eigenvalue weighted by atomic mass is 9.86. The topological polar surface area (TPSA) is 70.6 Å². The smallest absolute Gasteiger partial charge is 0.144 e. The van der Waals surface area contributed by atoms with Crippen molar-refractivity contribution in [1.82, 2.24) is 5.32 Å². The van der Waals surface area contributed by atoms with E-state index >= 15 is 0 Å². The SMILES string of the molecule is CCCCCC(C)NCCCC(C)(C)C(N)=NO. The molecule has 0 aromatic rings. The van der Waals surface area contributed by atoms with Crippen molar-refractivity contribution in [2.24, 2.45) is 16.3 Å². The van der Waals surface area contributed by atoms with E-state index < -0.39 is 0 Å². The monoisotopic (exact) mass is 257 g/mol. The Balaban J connectivity index is 3.67. The Hall–Kier alpha value is -0.770. The van der Waals surface area contributed by atoms with Crippen LogP contribution in [0.15, 0.2) is 5.16 Å². The number of amidine groups is 1. The van der Waals surface area contributed by atoms with Crippen molar-refractivity contribution in [3.05, 3.63) is 0 Å². The molecular formula is C14H31N3O. The second kappa shape index (κ2) is 9.20. The van der Waals surface area contributed by atoms with E-state index in [4.69, 9.17) is 10.9 Å². The van der Waals surface area contributed by atoms with Gasteiger partial charge in [0.25, 0.3) is 0 Å². The van der Waals surface area contributed by atoms with Gasteiger partial charge in [-0.3, -0.25) is 0 Å². The standard InChI is InChI=1S/C14H31N3O/c1-5-6-7-9-12(2)16-11-8-10-14(3,4)13(15)17-18/h12,16,18H,5-11H2,1-4H3,(H2,15,17). The zero-order valence-corrected chi connectivity index (χ0v) is 12.5. The van der Waals surface area contributed by atoms with Crippen LogP contribution in [0.4, 0.5) is 0 Å². The Kier molecular flexibility index (Phi) is 8.81. The van der Waals surface area contributed by atoms with Crippen LogP contribution in [0.2, 0.25) is 0 Å². The summed E-state index contributed by atoms with van der Waals surface area (Å²) < 4.78 is 0. The molecule has 4 heteroatoms. The number of hydrogen-bond donors (Lipinski definition) is 3. The molecule has 1 unspecified atom stereocenters. The van der Waals surface area contributed by atoms with Gasteiger partial charge in [-0.2, -0.15) is 0 Å². The summed E-state index contributed by atoms with van der Waals surface area (Å²) in [6.07, 6.45) is 7.12. The van der Waals surface area contributed by atoms with E-state index in [1.54, 1.807) is 0 Å². The van der Waals surface area contributed by atoms with Crippen LogP contribution in [0.1, 0.15) is 66.2 Å². The maximum atomic E-state index is 8.68. The van der Waals surface area contributed by atoms with Gasteiger partial charge in [0.1, 0.15) is 5.84 Å². The second-order valence-corrected chi connectivity index (χ2v) is 5.82. The molecule has 0 aliphatic heterocycles. The van der Waals surface area contributed by atoms with Crippen LogP contribution in [0.3, 0.4) is 0 Å². The summed E-state index contributed by atoms with van der Waals surface area (Å²) >= 11 is 0. The van der Waals surface area contributed by atoms with Gasteiger partial charge >= 0.3 is 0 Å². The Morgan fingerprint density at radius 1 is 1.33 bits per heavy atom. The highest BCUT2D eigenvalue weighted by atomic mass is 16.4.